The lowest BCUT2D eigenvalue weighted by atomic mass is 9.96. The maximum Gasteiger partial charge on any atom is 0.239 e. The number of hydrogen-bond acceptors (Lipinski definition) is 3. The van der Waals surface area contributed by atoms with Crippen molar-refractivity contribution in [2.75, 3.05) is 13.1 Å². The van der Waals surface area contributed by atoms with E-state index in [-0.39, 0.29) is 24.4 Å². The van der Waals surface area contributed by atoms with E-state index in [0.717, 1.165) is 0 Å². The summed E-state index contributed by atoms with van der Waals surface area (Å²) in [6.45, 7) is 7.58. The topological polar surface area (TPSA) is 84.2 Å². The predicted molar refractivity (Wildman–Crippen MR) is 59.1 cm³/mol. The number of carbonyl (C=O) groups excluding carboxylic acids is 2. The van der Waals surface area contributed by atoms with Crippen LogP contribution in [0.3, 0.4) is 0 Å². The van der Waals surface area contributed by atoms with Gasteiger partial charge in [0.15, 0.2) is 0 Å². The number of nitrogens with two attached hydrogens (primary N) is 1. The molecule has 0 unspecified atom stereocenters. The molecule has 2 amide bonds. The molecule has 5 nitrogen and oxygen atoms in total. The molecule has 4 N–H and O–H groups in total. The van der Waals surface area contributed by atoms with E-state index in [9.17, 15) is 9.59 Å². The maximum absolute atomic E-state index is 11.4. The quantitative estimate of drug-likeness (QED) is 0.597. The standard InChI is InChI=1S/C10H21N3O2/c1-7(5-11)13-8(14)6-12-9(15)10(2,3)4/h7H,5-6,11H2,1-4H3,(H,12,15)(H,13,14)/t7-/m0/s1. The molecule has 0 fully saturated rings. The fourth-order valence-electron chi connectivity index (χ4n) is 0.811. The first-order chi connectivity index (χ1) is 6.77. The van der Waals surface area contributed by atoms with Crippen LogP contribution in [0.25, 0.3) is 0 Å². The molecule has 88 valence electrons. The third-order valence-corrected chi connectivity index (χ3v) is 1.85. The van der Waals surface area contributed by atoms with Gasteiger partial charge in [-0.15, -0.1) is 0 Å². The monoisotopic (exact) mass is 215 g/mol. The summed E-state index contributed by atoms with van der Waals surface area (Å²) in [5.74, 6) is -0.358. The van der Waals surface area contributed by atoms with Crippen LogP contribution in [0.15, 0.2) is 0 Å². The third-order valence-electron chi connectivity index (χ3n) is 1.85. The van der Waals surface area contributed by atoms with Crippen molar-refractivity contribution in [3.8, 4) is 0 Å². The Balaban J connectivity index is 3.87. The Kier molecular flexibility index (Phi) is 5.28. The predicted octanol–water partition coefficient (Wildman–Crippen LogP) is -0.388. The molecule has 0 spiro atoms. The number of amides is 2. The maximum atomic E-state index is 11.4. The van der Waals surface area contributed by atoms with Crippen molar-refractivity contribution in [2.24, 2.45) is 11.1 Å². The number of rotatable bonds is 4. The van der Waals surface area contributed by atoms with Gasteiger partial charge in [0.1, 0.15) is 0 Å². The first kappa shape index (κ1) is 13.9. The summed E-state index contributed by atoms with van der Waals surface area (Å²) < 4.78 is 0. The van der Waals surface area contributed by atoms with Crippen molar-refractivity contribution in [3.63, 3.8) is 0 Å². The fourth-order valence-corrected chi connectivity index (χ4v) is 0.811. The number of carbonyl (C=O) groups is 2. The first-order valence-corrected chi connectivity index (χ1v) is 5.05. The molecule has 0 aromatic rings. The second-order valence-corrected chi connectivity index (χ2v) is 4.64. The molecular formula is C10H21N3O2. The zero-order chi connectivity index (χ0) is 12.1. The Hall–Kier alpha value is -1.10. The molecule has 0 aliphatic carbocycles. The molecule has 0 heterocycles. The summed E-state index contributed by atoms with van der Waals surface area (Å²) >= 11 is 0. The molecule has 0 aromatic carbocycles. The van der Waals surface area contributed by atoms with E-state index in [4.69, 9.17) is 5.73 Å². The minimum absolute atomic E-state index is 0.000440. The zero-order valence-electron chi connectivity index (χ0n) is 9.89. The largest absolute Gasteiger partial charge is 0.351 e. The van der Waals surface area contributed by atoms with E-state index in [1.165, 1.54) is 0 Å². The van der Waals surface area contributed by atoms with Crippen LogP contribution in [0.4, 0.5) is 0 Å². The summed E-state index contributed by atoms with van der Waals surface area (Å²) in [4.78, 5) is 22.7. The molecule has 0 aliphatic rings. The van der Waals surface area contributed by atoms with E-state index in [1.54, 1.807) is 20.8 Å². The van der Waals surface area contributed by atoms with E-state index in [1.807, 2.05) is 6.92 Å². The van der Waals surface area contributed by atoms with Crippen LogP contribution in [0.5, 0.6) is 0 Å². The van der Waals surface area contributed by atoms with Crippen LogP contribution in [0.2, 0.25) is 0 Å². The van der Waals surface area contributed by atoms with Gasteiger partial charge in [-0.25, -0.2) is 0 Å². The normalized spacial score (nSPS) is 13.1. The van der Waals surface area contributed by atoms with E-state index < -0.39 is 5.41 Å². The van der Waals surface area contributed by atoms with E-state index >= 15 is 0 Å². The van der Waals surface area contributed by atoms with Gasteiger partial charge in [-0.3, -0.25) is 9.59 Å². The average molecular weight is 215 g/mol. The Morgan fingerprint density at radius 2 is 1.87 bits per heavy atom. The van der Waals surface area contributed by atoms with Gasteiger partial charge >= 0.3 is 0 Å². The van der Waals surface area contributed by atoms with Gasteiger partial charge in [0.05, 0.1) is 6.54 Å². The first-order valence-electron chi connectivity index (χ1n) is 5.05. The summed E-state index contributed by atoms with van der Waals surface area (Å²) in [5.41, 5.74) is 4.87. The van der Waals surface area contributed by atoms with Gasteiger partial charge in [-0.2, -0.15) is 0 Å². The lowest BCUT2D eigenvalue weighted by molar-refractivity contribution is -0.131. The fraction of sp³-hybridized carbons (Fsp3) is 0.800. The van der Waals surface area contributed by atoms with Crippen molar-refractivity contribution in [3.05, 3.63) is 0 Å². The minimum Gasteiger partial charge on any atom is -0.351 e. The van der Waals surface area contributed by atoms with E-state index in [2.05, 4.69) is 10.6 Å². The molecule has 15 heavy (non-hydrogen) atoms. The molecule has 0 saturated heterocycles. The molecule has 0 bridgehead atoms. The second kappa shape index (κ2) is 5.70. The van der Waals surface area contributed by atoms with Crippen LogP contribution in [0, 0.1) is 5.41 Å². The van der Waals surface area contributed by atoms with Gasteiger partial charge in [0, 0.05) is 18.0 Å². The lowest BCUT2D eigenvalue weighted by Crippen LogP contribution is -2.45. The van der Waals surface area contributed by atoms with Crippen LogP contribution in [0.1, 0.15) is 27.7 Å². The summed E-state index contributed by atoms with van der Waals surface area (Å²) in [6.07, 6.45) is 0. The van der Waals surface area contributed by atoms with Gasteiger partial charge in [-0.1, -0.05) is 20.8 Å². The Labute approximate surface area is 90.8 Å². The van der Waals surface area contributed by atoms with Gasteiger partial charge < -0.3 is 16.4 Å². The minimum atomic E-state index is -0.472. The Bertz CT molecular complexity index is 233. The van der Waals surface area contributed by atoms with Crippen molar-refractivity contribution < 1.29 is 9.59 Å². The van der Waals surface area contributed by atoms with Crippen LogP contribution >= 0.6 is 0 Å². The Morgan fingerprint density at radius 1 is 1.33 bits per heavy atom. The zero-order valence-corrected chi connectivity index (χ0v) is 9.89. The summed E-state index contributed by atoms with van der Waals surface area (Å²) in [7, 11) is 0. The highest BCUT2D eigenvalue weighted by atomic mass is 16.2. The SMILES string of the molecule is C[C@@H](CN)NC(=O)CNC(=O)C(C)(C)C. The molecule has 0 aromatic heterocycles. The highest BCUT2D eigenvalue weighted by Gasteiger charge is 2.21. The third kappa shape index (κ3) is 6.06. The molecule has 1 atom stereocenters. The summed E-state index contributed by atoms with van der Waals surface area (Å²) in [5, 5.41) is 5.22. The van der Waals surface area contributed by atoms with Crippen molar-refractivity contribution in [1.29, 1.82) is 0 Å². The van der Waals surface area contributed by atoms with Crippen molar-refractivity contribution in [1.82, 2.24) is 10.6 Å². The Morgan fingerprint density at radius 3 is 2.27 bits per heavy atom. The highest BCUT2D eigenvalue weighted by molar-refractivity contribution is 5.87. The molecule has 0 radical (unpaired) electrons. The molecule has 5 heteroatoms. The lowest BCUT2D eigenvalue weighted by Gasteiger charge is -2.18. The van der Waals surface area contributed by atoms with E-state index in [0.29, 0.717) is 6.54 Å². The smallest absolute Gasteiger partial charge is 0.239 e. The molecule has 0 saturated carbocycles. The highest BCUT2D eigenvalue weighted by Crippen LogP contribution is 2.11. The second-order valence-electron chi connectivity index (χ2n) is 4.64. The van der Waals surface area contributed by atoms with Gasteiger partial charge in [-0.05, 0) is 6.92 Å². The van der Waals surface area contributed by atoms with Gasteiger partial charge in [0.2, 0.25) is 11.8 Å². The van der Waals surface area contributed by atoms with Crippen molar-refractivity contribution >= 4 is 11.8 Å². The molecule has 0 rings (SSSR count). The molecule has 0 aliphatic heterocycles. The van der Waals surface area contributed by atoms with Crippen molar-refractivity contribution in [2.45, 2.75) is 33.7 Å². The number of hydrogen-bond donors (Lipinski definition) is 3. The van der Waals surface area contributed by atoms with Crippen LogP contribution < -0.4 is 16.4 Å². The number of nitrogens with one attached hydrogen (secondary N) is 2. The van der Waals surface area contributed by atoms with Gasteiger partial charge in [0.25, 0.3) is 0 Å². The molecular weight excluding hydrogens is 194 g/mol. The average Bonchev–Trinajstić information content (AvgIpc) is 2.12. The summed E-state index contributed by atoms with van der Waals surface area (Å²) in [6, 6.07) is -0.0657. The van der Waals surface area contributed by atoms with Crippen LogP contribution in [-0.2, 0) is 9.59 Å². The van der Waals surface area contributed by atoms with Crippen LogP contribution in [-0.4, -0.2) is 30.9 Å².